The highest BCUT2D eigenvalue weighted by atomic mass is 16.8. The maximum absolute atomic E-state index is 11.7. The van der Waals surface area contributed by atoms with E-state index < -0.39 is 30.7 Å². The van der Waals surface area contributed by atoms with Crippen LogP contribution in [0.2, 0.25) is 0 Å². The van der Waals surface area contributed by atoms with Crippen molar-refractivity contribution < 1.29 is 29.6 Å². The van der Waals surface area contributed by atoms with Crippen molar-refractivity contribution in [2.45, 2.75) is 44.4 Å². The highest BCUT2D eigenvalue weighted by Gasteiger charge is 2.44. The molecule has 3 N–H and O–H groups in total. The number of ketones is 1. The third-order valence-corrected chi connectivity index (χ3v) is 2.33. The molecule has 1 aliphatic rings. The Hall–Kier alpha value is -0.530. The van der Waals surface area contributed by atoms with Crippen molar-refractivity contribution in [1.82, 2.24) is 0 Å². The molecule has 6 nitrogen and oxygen atoms in total. The molecule has 1 rings (SSSR count). The second kappa shape index (κ2) is 5.20. The number of carbonyl (C=O) groups excluding carboxylic acids is 1. The molecule has 0 aromatic carbocycles. The summed E-state index contributed by atoms with van der Waals surface area (Å²) in [4.78, 5) is 11.7. The number of aliphatic hydroxyl groups is 3. The first-order valence-corrected chi connectivity index (χ1v) is 5.17. The van der Waals surface area contributed by atoms with Gasteiger partial charge in [-0.1, -0.05) is 0 Å². The lowest BCUT2D eigenvalue weighted by molar-refractivity contribution is -0.157. The molecule has 0 aliphatic carbocycles. The molecule has 1 heterocycles. The summed E-state index contributed by atoms with van der Waals surface area (Å²) in [5.41, 5.74) is 0. The summed E-state index contributed by atoms with van der Waals surface area (Å²) in [6.07, 6.45) is -2.91. The van der Waals surface area contributed by atoms with E-state index in [2.05, 4.69) is 0 Å². The summed E-state index contributed by atoms with van der Waals surface area (Å²) in [7, 11) is 0. The predicted octanol–water partition coefficient (Wildman–Crippen LogP) is -1.19. The molecule has 1 saturated heterocycles. The van der Waals surface area contributed by atoms with Crippen LogP contribution in [-0.4, -0.2) is 58.4 Å². The fourth-order valence-electron chi connectivity index (χ4n) is 1.65. The quantitative estimate of drug-likeness (QED) is 0.553. The summed E-state index contributed by atoms with van der Waals surface area (Å²) in [5.74, 6) is -1.30. The van der Waals surface area contributed by atoms with E-state index >= 15 is 0 Å². The fourth-order valence-corrected chi connectivity index (χ4v) is 1.65. The van der Waals surface area contributed by atoms with Gasteiger partial charge in [0.25, 0.3) is 0 Å². The first-order chi connectivity index (χ1) is 7.39. The molecular formula is C10H18O6. The third-order valence-electron chi connectivity index (χ3n) is 2.33. The monoisotopic (exact) mass is 234 g/mol. The standard InChI is InChI=1S/C10H18O6/c1-10(2)15-8(5-12)9(16-10)7(14)3-6(13)4-11/h6,8-9,11-13H,3-5H2,1-2H3/t6?,8-,9+/m1/s1. The van der Waals surface area contributed by atoms with Crippen molar-refractivity contribution in [3.8, 4) is 0 Å². The molecular weight excluding hydrogens is 216 g/mol. The third kappa shape index (κ3) is 3.23. The minimum atomic E-state index is -1.10. The molecule has 0 aromatic heterocycles. The van der Waals surface area contributed by atoms with Crippen molar-refractivity contribution in [3.63, 3.8) is 0 Å². The van der Waals surface area contributed by atoms with Gasteiger partial charge in [0.1, 0.15) is 12.2 Å². The molecule has 1 fully saturated rings. The smallest absolute Gasteiger partial charge is 0.167 e. The molecule has 0 saturated carbocycles. The zero-order valence-electron chi connectivity index (χ0n) is 9.42. The van der Waals surface area contributed by atoms with E-state index in [1.54, 1.807) is 13.8 Å². The van der Waals surface area contributed by atoms with Gasteiger partial charge in [-0.2, -0.15) is 0 Å². The van der Waals surface area contributed by atoms with Gasteiger partial charge in [0, 0.05) is 6.42 Å². The van der Waals surface area contributed by atoms with Crippen molar-refractivity contribution in [2.75, 3.05) is 13.2 Å². The molecule has 0 amide bonds. The fraction of sp³-hybridized carbons (Fsp3) is 0.900. The summed E-state index contributed by atoms with van der Waals surface area (Å²) in [6.45, 7) is 2.48. The molecule has 0 bridgehead atoms. The van der Waals surface area contributed by atoms with Crippen LogP contribution in [0.15, 0.2) is 0 Å². The van der Waals surface area contributed by atoms with Crippen LogP contribution in [-0.2, 0) is 14.3 Å². The van der Waals surface area contributed by atoms with E-state index in [1.807, 2.05) is 0 Å². The Balaban J connectivity index is 2.61. The Kier molecular flexibility index (Phi) is 4.40. The van der Waals surface area contributed by atoms with E-state index in [0.29, 0.717) is 0 Å². The van der Waals surface area contributed by atoms with E-state index in [9.17, 15) is 4.79 Å². The molecule has 1 aliphatic heterocycles. The van der Waals surface area contributed by atoms with Crippen LogP contribution in [0.3, 0.4) is 0 Å². The number of Topliss-reactive ketones (excluding diaryl/α,β-unsaturated/α-hetero) is 1. The zero-order chi connectivity index (χ0) is 12.3. The number of aliphatic hydroxyl groups excluding tert-OH is 3. The van der Waals surface area contributed by atoms with Gasteiger partial charge < -0.3 is 24.8 Å². The Bertz CT molecular complexity index is 252. The van der Waals surface area contributed by atoms with Crippen LogP contribution < -0.4 is 0 Å². The topological polar surface area (TPSA) is 96.2 Å². The summed E-state index contributed by atoms with van der Waals surface area (Å²) in [6, 6.07) is 0. The average Bonchev–Trinajstić information content (AvgIpc) is 2.53. The maximum atomic E-state index is 11.7. The Morgan fingerprint density at radius 3 is 2.50 bits per heavy atom. The van der Waals surface area contributed by atoms with Gasteiger partial charge in [0.15, 0.2) is 11.6 Å². The normalized spacial score (nSPS) is 30.3. The first-order valence-electron chi connectivity index (χ1n) is 5.17. The number of ether oxygens (including phenoxy) is 2. The minimum absolute atomic E-state index is 0.211. The Labute approximate surface area is 93.8 Å². The van der Waals surface area contributed by atoms with E-state index in [0.717, 1.165) is 0 Å². The lowest BCUT2D eigenvalue weighted by atomic mass is 10.0. The van der Waals surface area contributed by atoms with Crippen LogP contribution >= 0.6 is 0 Å². The van der Waals surface area contributed by atoms with Crippen LogP contribution in [0.5, 0.6) is 0 Å². The summed E-state index contributed by atoms with van der Waals surface area (Å²) in [5, 5.41) is 26.8. The number of hydrogen-bond acceptors (Lipinski definition) is 6. The predicted molar refractivity (Wildman–Crippen MR) is 53.6 cm³/mol. The average molecular weight is 234 g/mol. The van der Waals surface area contributed by atoms with Crippen molar-refractivity contribution in [3.05, 3.63) is 0 Å². The van der Waals surface area contributed by atoms with Gasteiger partial charge in [-0.15, -0.1) is 0 Å². The van der Waals surface area contributed by atoms with Crippen LogP contribution in [0, 0.1) is 0 Å². The second-order valence-electron chi connectivity index (χ2n) is 4.28. The van der Waals surface area contributed by atoms with Crippen LogP contribution in [0.1, 0.15) is 20.3 Å². The maximum Gasteiger partial charge on any atom is 0.167 e. The SMILES string of the molecule is CC1(C)O[C@H](CO)[C@H](C(=O)CC(O)CO)O1. The van der Waals surface area contributed by atoms with E-state index in [1.165, 1.54) is 0 Å². The van der Waals surface area contributed by atoms with Gasteiger partial charge in [-0.3, -0.25) is 4.79 Å². The molecule has 94 valence electrons. The highest BCUT2D eigenvalue weighted by Crippen LogP contribution is 2.29. The van der Waals surface area contributed by atoms with Crippen LogP contribution in [0.25, 0.3) is 0 Å². The lowest BCUT2D eigenvalue weighted by Gasteiger charge is -2.16. The van der Waals surface area contributed by atoms with Crippen molar-refractivity contribution in [2.24, 2.45) is 0 Å². The van der Waals surface area contributed by atoms with Gasteiger partial charge >= 0.3 is 0 Å². The van der Waals surface area contributed by atoms with E-state index in [-0.39, 0.29) is 18.8 Å². The highest BCUT2D eigenvalue weighted by molar-refractivity contribution is 5.84. The van der Waals surface area contributed by atoms with E-state index in [4.69, 9.17) is 24.8 Å². The number of hydrogen-bond donors (Lipinski definition) is 3. The summed E-state index contributed by atoms with van der Waals surface area (Å²) >= 11 is 0. The second-order valence-corrected chi connectivity index (χ2v) is 4.28. The first kappa shape index (κ1) is 13.5. The zero-order valence-corrected chi connectivity index (χ0v) is 9.42. The summed E-state index contributed by atoms with van der Waals surface area (Å²) < 4.78 is 10.6. The number of carbonyl (C=O) groups is 1. The van der Waals surface area contributed by atoms with Gasteiger partial charge in [0.2, 0.25) is 0 Å². The van der Waals surface area contributed by atoms with Crippen LogP contribution in [0.4, 0.5) is 0 Å². The Morgan fingerprint density at radius 2 is 2.00 bits per heavy atom. The molecule has 3 atom stereocenters. The molecule has 0 radical (unpaired) electrons. The van der Waals surface area contributed by atoms with Crippen molar-refractivity contribution in [1.29, 1.82) is 0 Å². The minimum Gasteiger partial charge on any atom is -0.394 e. The molecule has 6 heteroatoms. The van der Waals surface area contributed by atoms with Gasteiger partial charge in [-0.05, 0) is 13.8 Å². The lowest BCUT2D eigenvalue weighted by Crippen LogP contribution is -2.36. The van der Waals surface area contributed by atoms with Crippen molar-refractivity contribution >= 4 is 5.78 Å². The Morgan fingerprint density at radius 1 is 1.38 bits per heavy atom. The number of rotatable bonds is 5. The van der Waals surface area contributed by atoms with Gasteiger partial charge in [-0.25, -0.2) is 0 Å². The largest absolute Gasteiger partial charge is 0.394 e. The molecule has 0 spiro atoms. The molecule has 16 heavy (non-hydrogen) atoms. The molecule has 1 unspecified atom stereocenters. The van der Waals surface area contributed by atoms with Gasteiger partial charge in [0.05, 0.1) is 19.3 Å². The molecule has 0 aromatic rings.